The van der Waals surface area contributed by atoms with Gasteiger partial charge in [-0.3, -0.25) is 4.79 Å². The molecule has 9 heteroatoms. The van der Waals surface area contributed by atoms with Crippen LogP contribution in [0.3, 0.4) is 0 Å². The second-order valence-corrected chi connectivity index (χ2v) is 6.14. The third-order valence-corrected chi connectivity index (χ3v) is 4.04. The third-order valence-electron chi connectivity index (χ3n) is 4.04. The van der Waals surface area contributed by atoms with Crippen LogP contribution in [0.25, 0.3) is 0 Å². The fraction of sp³-hybridized carbons (Fsp3) is 0.368. The molecule has 2 aromatic rings. The summed E-state index contributed by atoms with van der Waals surface area (Å²) in [5.74, 6) is 0.392. The van der Waals surface area contributed by atoms with E-state index in [2.05, 4.69) is 4.98 Å². The van der Waals surface area contributed by atoms with Gasteiger partial charge < -0.3 is 19.1 Å². The van der Waals surface area contributed by atoms with Gasteiger partial charge in [0.1, 0.15) is 11.9 Å². The lowest BCUT2D eigenvalue weighted by Crippen LogP contribution is -2.42. The van der Waals surface area contributed by atoms with E-state index in [9.17, 15) is 18.0 Å². The van der Waals surface area contributed by atoms with E-state index in [1.54, 1.807) is 29.2 Å². The minimum atomic E-state index is -4.46. The summed E-state index contributed by atoms with van der Waals surface area (Å²) in [6, 6.07) is 11.0. The van der Waals surface area contributed by atoms with Crippen molar-refractivity contribution in [1.82, 2.24) is 9.88 Å². The van der Waals surface area contributed by atoms with Crippen molar-refractivity contribution in [2.45, 2.75) is 12.3 Å². The summed E-state index contributed by atoms with van der Waals surface area (Å²) in [5.41, 5.74) is -0.855. The molecule has 0 N–H and O–H groups in total. The molecule has 1 aromatic carbocycles. The van der Waals surface area contributed by atoms with Gasteiger partial charge in [0.15, 0.2) is 6.61 Å². The fourth-order valence-corrected chi connectivity index (χ4v) is 2.62. The molecule has 0 saturated carbocycles. The van der Waals surface area contributed by atoms with Crippen molar-refractivity contribution in [2.75, 3.05) is 32.9 Å². The van der Waals surface area contributed by atoms with Gasteiger partial charge in [0.05, 0.1) is 25.3 Å². The van der Waals surface area contributed by atoms with Crippen molar-refractivity contribution in [1.29, 1.82) is 0 Å². The molecule has 1 fully saturated rings. The highest BCUT2D eigenvalue weighted by Crippen LogP contribution is 2.29. The number of hydrogen-bond donors (Lipinski definition) is 0. The number of nitrogens with zero attached hydrogens (tertiary/aromatic N) is 2. The van der Waals surface area contributed by atoms with Crippen molar-refractivity contribution in [3.63, 3.8) is 0 Å². The average Bonchev–Trinajstić information content (AvgIpc) is 2.92. The van der Waals surface area contributed by atoms with Crippen LogP contribution >= 0.6 is 0 Å². The van der Waals surface area contributed by atoms with Gasteiger partial charge in [0, 0.05) is 18.8 Å². The number of ether oxygens (including phenoxy) is 3. The number of rotatable bonds is 5. The number of pyridine rings is 1. The number of carbonyl (C=O) groups excluding carboxylic acids is 1. The lowest BCUT2D eigenvalue weighted by atomic mass is 10.3. The van der Waals surface area contributed by atoms with E-state index in [1.165, 1.54) is 0 Å². The van der Waals surface area contributed by atoms with E-state index < -0.39 is 17.8 Å². The molecule has 1 atom stereocenters. The molecule has 0 spiro atoms. The molecule has 0 radical (unpaired) electrons. The summed E-state index contributed by atoms with van der Waals surface area (Å²) >= 11 is 0. The standard InChI is InChI=1S/C19H19F3N2O4/c20-19(21,22)14-6-7-17(23-10-14)28-16-11-24(8-9-26-12-16)18(25)13-27-15-4-2-1-3-5-15/h1-7,10,16H,8-9,11-13H2/t16-/m1/s1. The van der Waals surface area contributed by atoms with Crippen molar-refractivity contribution in [3.8, 4) is 11.6 Å². The van der Waals surface area contributed by atoms with Gasteiger partial charge in [-0.05, 0) is 18.2 Å². The number of aromatic nitrogens is 1. The van der Waals surface area contributed by atoms with Crippen LogP contribution in [0.1, 0.15) is 5.56 Å². The minimum absolute atomic E-state index is 0.0384. The molecule has 1 aliphatic heterocycles. The van der Waals surface area contributed by atoms with Crippen molar-refractivity contribution in [2.24, 2.45) is 0 Å². The van der Waals surface area contributed by atoms with Crippen molar-refractivity contribution >= 4 is 5.91 Å². The maximum Gasteiger partial charge on any atom is 0.417 e. The second-order valence-electron chi connectivity index (χ2n) is 6.14. The van der Waals surface area contributed by atoms with Crippen LogP contribution in [0.15, 0.2) is 48.7 Å². The Kier molecular flexibility index (Phi) is 6.35. The molecule has 28 heavy (non-hydrogen) atoms. The smallest absolute Gasteiger partial charge is 0.417 e. The highest BCUT2D eigenvalue weighted by Gasteiger charge is 2.31. The Hall–Kier alpha value is -2.81. The summed E-state index contributed by atoms with van der Waals surface area (Å²) in [5, 5.41) is 0. The SMILES string of the molecule is O=C(COc1ccccc1)N1CCOC[C@H](Oc2ccc(C(F)(F)F)cn2)C1. The van der Waals surface area contributed by atoms with Gasteiger partial charge in [-0.25, -0.2) is 4.98 Å². The summed E-state index contributed by atoms with van der Waals surface area (Å²) in [7, 11) is 0. The summed E-state index contributed by atoms with van der Waals surface area (Å²) in [6.45, 7) is 0.996. The molecular formula is C19H19F3N2O4. The van der Waals surface area contributed by atoms with E-state index >= 15 is 0 Å². The van der Waals surface area contributed by atoms with Crippen LogP contribution in [0.4, 0.5) is 13.2 Å². The normalized spacial score (nSPS) is 17.7. The lowest BCUT2D eigenvalue weighted by Gasteiger charge is -2.24. The third kappa shape index (κ3) is 5.59. The van der Waals surface area contributed by atoms with Gasteiger partial charge in [-0.15, -0.1) is 0 Å². The van der Waals surface area contributed by atoms with E-state index in [4.69, 9.17) is 14.2 Å². The fourth-order valence-electron chi connectivity index (χ4n) is 2.62. The van der Waals surface area contributed by atoms with Gasteiger partial charge in [-0.2, -0.15) is 13.2 Å². The number of carbonyl (C=O) groups is 1. The maximum atomic E-state index is 12.6. The zero-order chi connectivity index (χ0) is 20.0. The Labute approximate surface area is 159 Å². The molecule has 0 bridgehead atoms. The average molecular weight is 396 g/mol. The largest absolute Gasteiger partial charge is 0.484 e. The Morgan fingerprint density at radius 1 is 1.21 bits per heavy atom. The van der Waals surface area contributed by atoms with Gasteiger partial charge >= 0.3 is 6.18 Å². The number of hydrogen-bond acceptors (Lipinski definition) is 5. The first-order valence-corrected chi connectivity index (χ1v) is 8.65. The Morgan fingerprint density at radius 3 is 2.68 bits per heavy atom. The van der Waals surface area contributed by atoms with E-state index in [1.807, 2.05) is 6.07 Å². The zero-order valence-corrected chi connectivity index (χ0v) is 14.9. The number of para-hydroxylation sites is 1. The molecule has 2 heterocycles. The topological polar surface area (TPSA) is 60.9 Å². The highest BCUT2D eigenvalue weighted by molar-refractivity contribution is 5.77. The minimum Gasteiger partial charge on any atom is -0.484 e. The summed E-state index contributed by atoms with van der Waals surface area (Å²) < 4.78 is 54.3. The quantitative estimate of drug-likeness (QED) is 0.778. The molecule has 3 rings (SSSR count). The van der Waals surface area contributed by atoms with Crippen LogP contribution < -0.4 is 9.47 Å². The predicted octanol–water partition coefficient (Wildman–Crippen LogP) is 2.79. The molecule has 1 aromatic heterocycles. The summed E-state index contributed by atoms with van der Waals surface area (Å²) in [6.07, 6.45) is -4.30. The molecule has 150 valence electrons. The van der Waals surface area contributed by atoms with Crippen LogP contribution in [0.2, 0.25) is 0 Å². The lowest BCUT2D eigenvalue weighted by molar-refractivity contribution is -0.138. The van der Waals surface area contributed by atoms with Crippen LogP contribution in [0, 0.1) is 0 Å². The number of benzene rings is 1. The van der Waals surface area contributed by atoms with E-state index in [-0.39, 0.29) is 31.5 Å². The van der Waals surface area contributed by atoms with Crippen molar-refractivity contribution in [3.05, 3.63) is 54.2 Å². The van der Waals surface area contributed by atoms with E-state index in [0.29, 0.717) is 25.1 Å². The van der Waals surface area contributed by atoms with E-state index in [0.717, 1.165) is 12.1 Å². The van der Waals surface area contributed by atoms with Gasteiger partial charge in [0.2, 0.25) is 5.88 Å². The first-order valence-electron chi connectivity index (χ1n) is 8.65. The van der Waals surface area contributed by atoms with Gasteiger partial charge in [-0.1, -0.05) is 18.2 Å². The first-order chi connectivity index (χ1) is 13.4. The first kappa shape index (κ1) is 19.9. The number of amides is 1. The molecule has 0 aliphatic carbocycles. The molecule has 1 saturated heterocycles. The van der Waals surface area contributed by atoms with Crippen LogP contribution in [0.5, 0.6) is 11.6 Å². The molecular weight excluding hydrogens is 377 g/mol. The Morgan fingerprint density at radius 2 is 2.00 bits per heavy atom. The van der Waals surface area contributed by atoms with Crippen LogP contribution in [-0.2, 0) is 15.7 Å². The van der Waals surface area contributed by atoms with Crippen molar-refractivity contribution < 1.29 is 32.2 Å². The Balaban J connectivity index is 1.56. The molecule has 6 nitrogen and oxygen atoms in total. The number of halogens is 3. The molecule has 0 unspecified atom stereocenters. The summed E-state index contributed by atoms with van der Waals surface area (Å²) in [4.78, 5) is 17.7. The second kappa shape index (κ2) is 8.92. The predicted molar refractivity (Wildman–Crippen MR) is 93.0 cm³/mol. The maximum absolute atomic E-state index is 12.6. The molecule has 1 aliphatic rings. The Bertz CT molecular complexity index is 769. The number of alkyl halides is 3. The van der Waals surface area contributed by atoms with Gasteiger partial charge in [0.25, 0.3) is 5.91 Å². The highest BCUT2D eigenvalue weighted by atomic mass is 19.4. The van der Waals surface area contributed by atoms with Crippen LogP contribution in [-0.4, -0.2) is 54.8 Å². The molecule has 1 amide bonds. The zero-order valence-electron chi connectivity index (χ0n) is 14.9. The monoisotopic (exact) mass is 396 g/mol.